The van der Waals surface area contributed by atoms with Crippen LogP contribution in [0.5, 0.6) is 0 Å². The highest BCUT2D eigenvalue weighted by atomic mass is 16.6. The minimum absolute atomic E-state index is 0.219. The van der Waals surface area contributed by atoms with E-state index in [1.165, 1.54) is 7.11 Å². The molecular weight excluding hydrogens is 246 g/mol. The molecule has 0 aliphatic heterocycles. The number of nitrogens with one attached hydrogen (secondary N) is 1. The van der Waals surface area contributed by atoms with Gasteiger partial charge in [-0.05, 0) is 39.5 Å². The quantitative estimate of drug-likeness (QED) is 0.596. The summed E-state index contributed by atoms with van der Waals surface area (Å²) in [6, 6.07) is -0.699. The molecule has 0 spiro atoms. The fourth-order valence-electron chi connectivity index (χ4n) is 1.59. The SMILES string of the molecule is C=CC[C@@H](C)C[C@H](NC(=O)OC(C)(C)C)C(=O)OC. The fraction of sp³-hybridized carbons (Fsp3) is 0.714. The Morgan fingerprint density at radius 3 is 2.37 bits per heavy atom. The number of alkyl carbamates (subject to hydrolysis) is 1. The lowest BCUT2D eigenvalue weighted by Gasteiger charge is -2.23. The lowest BCUT2D eigenvalue weighted by Crippen LogP contribution is -2.44. The second-order valence-corrected chi connectivity index (χ2v) is 5.59. The predicted molar refractivity (Wildman–Crippen MR) is 73.8 cm³/mol. The third kappa shape index (κ3) is 8.24. The molecule has 0 aromatic carbocycles. The lowest BCUT2D eigenvalue weighted by molar-refractivity contribution is -0.143. The van der Waals surface area contributed by atoms with E-state index in [0.717, 1.165) is 6.42 Å². The summed E-state index contributed by atoms with van der Waals surface area (Å²) in [7, 11) is 1.30. The first kappa shape index (κ1) is 17.5. The number of hydrogen-bond acceptors (Lipinski definition) is 4. The van der Waals surface area contributed by atoms with Gasteiger partial charge in [-0.1, -0.05) is 13.0 Å². The van der Waals surface area contributed by atoms with Gasteiger partial charge < -0.3 is 14.8 Å². The number of allylic oxidation sites excluding steroid dienone is 1. The van der Waals surface area contributed by atoms with Crippen LogP contribution in [-0.2, 0) is 14.3 Å². The summed E-state index contributed by atoms with van der Waals surface area (Å²) in [6.45, 7) is 10.9. The molecule has 5 heteroatoms. The van der Waals surface area contributed by atoms with Crippen molar-refractivity contribution in [2.75, 3.05) is 7.11 Å². The van der Waals surface area contributed by atoms with E-state index in [1.807, 2.05) is 6.92 Å². The molecule has 0 aromatic rings. The first-order valence-electron chi connectivity index (χ1n) is 6.37. The van der Waals surface area contributed by atoms with Crippen molar-refractivity contribution in [1.82, 2.24) is 5.32 Å². The lowest BCUT2D eigenvalue weighted by atomic mass is 9.98. The van der Waals surface area contributed by atoms with Gasteiger partial charge in [0.25, 0.3) is 0 Å². The van der Waals surface area contributed by atoms with E-state index in [4.69, 9.17) is 4.74 Å². The van der Waals surface area contributed by atoms with Crippen LogP contribution in [0.4, 0.5) is 4.79 Å². The number of carbonyl (C=O) groups is 2. The number of methoxy groups -OCH3 is 1. The molecule has 0 fully saturated rings. The van der Waals surface area contributed by atoms with E-state index in [-0.39, 0.29) is 5.92 Å². The second-order valence-electron chi connectivity index (χ2n) is 5.59. The van der Waals surface area contributed by atoms with E-state index in [1.54, 1.807) is 26.8 Å². The molecule has 0 radical (unpaired) electrons. The molecule has 0 saturated heterocycles. The molecule has 1 N–H and O–H groups in total. The van der Waals surface area contributed by atoms with Crippen LogP contribution >= 0.6 is 0 Å². The van der Waals surface area contributed by atoms with Crippen LogP contribution in [-0.4, -0.2) is 30.8 Å². The molecule has 0 saturated carbocycles. The number of amides is 1. The van der Waals surface area contributed by atoms with E-state index in [0.29, 0.717) is 6.42 Å². The molecule has 0 heterocycles. The third-order valence-corrected chi connectivity index (χ3v) is 2.38. The monoisotopic (exact) mass is 271 g/mol. The molecule has 19 heavy (non-hydrogen) atoms. The molecule has 0 aliphatic carbocycles. The molecular formula is C14H25NO4. The summed E-state index contributed by atoms with van der Waals surface area (Å²) in [5.41, 5.74) is -0.600. The van der Waals surface area contributed by atoms with Gasteiger partial charge in [0.05, 0.1) is 7.11 Å². The zero-order chi connectivity index (χ0) is 15.1. The summed E-state index contributed by atoms with van der Waals surface area (Å²) in [5, 5.41) is 2.54. The normalized spacial score (nSPS) is 14.2. The van der Waals surface area contributed by atoms with Crippen molar-refractivity contribution in [2.45, 2.75) is 52.2 Å². The molecule has 0 aromatic heterocycles. The maximum Gasteiger partial charge on any atom is 0.408 e. The van der Waals surface area contributed by atoms with Crippen molar-refractivity contribution in [2.24, 2.45) is 5.92 Å². The number of ether oxygens (including phenoxy) is 2. The smallest absolute Gasteiger partial charge is 0.408 e. The van der Waals surface area contributed by atoms with Gasteiger partial charge in [0, 0.05) is 0 Å². The van der Waals surface area contributed by atoms with E-state index in [9.17, 15) is 9.59 Å². The predicted octanol–water partition coefficient (Wildman–Crippen LogP) is 2.66. The van der Waals surface area contributed by atoms with E-state index in [2.05, 4.69) is 16.6 Å². The molecule has 0 aliphatic rings. The minimum Gasteiger partial charge on any atom is -0.467 e. The Kier molecular flexibility index (Phi) is 7.19. The maximum atomic E-state index is 11.7. The molecule has 0 unspecified atom stereocenters. The van der Waals surface area contributed by atoms with Crippen molar-refractivity contribution >= 4 is 12.1 Å². The summed E-state index contributed by atoms with van der Waals surface area (Å²) in [4.78, 5) is 23.3. The number of carbonyl (C=O) groups excluding carboxylic acids is 2. The Hall–Kier alpha value is -1.52. The van der Waals surface area contributed by atoms with Gasteiger partial charge in [0.1, 0.15) is 11.6 Å². The van der Waals surface area contributed by atoms with Crippen LogP contribution < -0.4 is 5.32 Å². The molecule has 2 atom stereocenters. The van der Waals surface area contributed by atoms with Crippen LogP contribution in [0.15, 0.2) is 12.7 Å². The first-order valence-corrected chi connectivity index (χ1v) is 6.37. The van der Waals surface area contributed by atoms with Crippen molar-refractivity contribution in [3.8, 4) is 0 Å². The van der Waals surface area contributed by atoms with Crippen molar-refractivity contribution in [1.29, 1.82) is 0 Å². The van der Waals surface area contributed by atoms with Crippen LogP contribution in [0.2, 0.25) is 0 Å². The van der Waals surface area contributed by atoms with Crippen LogP contribution in [0.25, 0.3) is 0 Å². The van der Waals surface area contributed by atoms with Crippen LogP contribution in [0.1, 0.15) is 40.5 Å². The zero-order valence-electron chi connectivity index (χ0n) is 12.5. The Balaban J connectivity index is 4.55. The highest BCUT2D eigenvalue weighted by Crippen LogP contribution is 2.13. The largest absolute Gasteiger partial charge is 0.467 e. The van der Waals surface area contributed by atoms with Gasteiger partial charge in [-0.2, -0.15) is 0 Å². The third-order valence-electron chi connectivity index (χ3n) is 2.38. The molecule has 5 nitrogen and oxygen atoms in total. The minimum atomic E-state index is -0.699. The van der Waals surface area contributed by atoms with Gasteiger partial charge in [0.15, 0.2) is 0 Å². The topological polar surface area (TPSA) is 64.6 Å². The standard InChI is InChI=1S/C14H25NO4/c1-7-8-10(2)9-11(12(16)18-6)15-13(17)19-14(3,4)5/h7,10-11H,1,8-9H2,2-6H3,(H,15,17)/t10-,11+/m1/s1. The first-order chi connectivity index (χ1) is 8.69. The van der Waals surface area contributed by atoms with Gasteiger partial charge in [-0.3, -0.25) is 0 Å². The number of esters is 1. The van der Waals surface area contributed by atoms with E-state index >= 15 is 0 Å². The van der Waals surface area contributed by atoms with Gasteiger partial charge in [-0.15, -0.1) is 6.58 Å². The molecule has 1 amide bonds. The van der Waals surface area contributed by atoms with Crippen LogP contribution in [0, 0.1) is 5.92 Å². The average Bonchev–Trinajstić information content (AvgIpc) is 2.24. The fourth-order valence-corrected chi connectivity index (χ4v) is 1.59. The molecule has 110 valence electrons. The highest BCUT2D eigenvalue weighted by Gasteiger charge is 2.26. The zero-order valence-corrected chi connectivity index (χ0v) is 12.5. The Morgan fingerprint density at radius 1 is 1.37 bits per heavy atom. The second kappa shape index (κ2) is 7.81. The van der Waals surface area contributed by atoms with Gasteiger partial charge >= 0.3 is 12.1 Å². The Morgan fingerprint density at radius 2 is 1.95 bits per heavy atom. The number of rotatable bonds is 6. The van der Waals surface area contributed by atoms with Crippen LogP contribution in [0.3, 0.4) is 0 Å². The van der Waals surface area contributed by atoms with Crippen molar-refractivity contribution in [3.05, 3.63) is 12.7 Å². The van der Waals surface area contributed by atoms with Crippen molar-refractivity contribution in [3.63, 3.8) is 0 Å². The van der Waals surface area contributed by atoms with Crippen molar-refractivity contribution < 1.29 is 19.1 Å². The summed E-state index contributed by atoms with van der Waals surface area (Å²) >= 11 is 0. The summed E-state index contributed by atoms with van der Waals surface area (Å²) in [6.07, 6.45) is 2.42. The summed E-state index contributed by atoms with van der Waals surface area (Å²) < 4.78 is 9.81. The maximum absolute atomic E-state index is 11.7. The summed E-state index contributed by atoms with van der Waals surface area (Å²) in [5.74, 6) is -0.252. The Labute approximate surface area is 115 Å². The highest BCUT2D eigenvalue weighted by molar-refractivity contribution is 5.81. The van der Waals surface area contributed by atoms with Gasteiger partial charge in [0.2, 0.25) is 0 Å². The van der Waals surface area contributed by atoms with E-state index < -0.39 is 23.7 Å². The molecule has 0 bridgehead atoms. The van der Waals surface area contributed by atoms with Gasteiger partial charge in [-0.25, -0.2) is 9.59 Å². The average molecular weight is 271 g/mol. The number of hydrogen-bond donors (Lipinski definition) is 1. The Bertz CT molecular complexity index is 320. The molecule has 0 rings (SSSR count).